The molecule has 3 N–H and O–H groups in total. The maximum atomic E-state index is 13.2. The predicted molar refractivity (Wildman–Crippen MR) is 128 cm³/mol. The van der Waals surface area contributed by atoms with Crippen molar-refractivity contribution < 1.29 is 14.3 Å². The number of rotatable bonds is 11. The van der Waals surface area contributed by atoms with Crippen LogP contribution in [0.5, 0.6) is 5.75 Å². The second-order valence-electron chi connectivity index (χ2n) is 8.49. The molecule has 0 atom stereocenters. The quantitative estimate of drug-likeness (QED) is 0.538. The Kier molecular flexibility index (Phi) is 9.11. The number of nitrogens with two attached hydrogens (primary N) is 1. The lowest BCUT2D eigenvalue weighted by Gasteiger charge is -2.24. The normalized spacial score (nSPS) is 13.7. The molecule has 0 aromatic heterocycles. The minimum atomic E-state index is -0.0662. The van der Waals surface area contributed by atoms with Gasteiger partial charge in [-0.2, -0.15) is 0 Å². The topological polar surface area (TPSA) is 84.7 Å². The van der Waals surface area contributed by atoms with E-state index in [2.05, 4.69) is 5.32 Å². The van der Waals surface area contributed by atoms with E-state index < -0.39 is 0 Å². The largest absolute Gasteiger partial charge is 0.497 e. The Hall–Kier alpha value is -2.86. The molecule has 6 nitrogen and oxygen atoms in total. The number of hydrogen-bond donors (Lipinski definition) is 2. The molecule has 0 radical (unpaired) electrons. The van der Waals surface area contributed by atoms with Crippen molar-refractivity contribution >= 4 is 17.5 Å². The van der Waals surface area contributed by atoms with Crippen LogP contribution in [0.1, 0.15) is 60.9 Å². The molecule has 2 amide bonds. The number of amides is 2. The van der Waals surface area contributed by atoms with Crippen LogP contribution in [0.4, 0.5) is 5.69 Å². The highest BCUT2D eigenvalue weighted by molar-refractivity contribution is 5.95. The van der Waals surface area contributed by atoms with E-state index in [-0.39, 0.29) is 11.8 Å². The first-order valence-corrected chi connectivity index (χ1v) is 11.6. The molecule has 1 saturated carbocycles. The Morgan fingerprint density at radius 3 is 2.50 bits per heavy atom. The van der Waals surface area contributed by atoms with Crippen molar-refractivity contribution in [2.24, 2.45) is 11.7 Å². The second-order valence-corrected chi connectivity index (χ2v) is 8.49. The number of benzene rings is 2. The van der Waals surface area contributed by atoms with Gasteiger partial charge in [-0.3, -0.25) is 9.59 Å². The maximum absolute atomic E-state index is 13.2. The van der Waals surface area contributed by atoms with Crippen molar-refractivity contribution in [3.05, 3.63) is 59.7 Å². The van der Waals surface area contributed by atoms with Crippen LogP contribution in [0.25, 0.3) is 0 Å². The van der Waals surface area contributed by atoms with E-state index in [9.17, 15) is 9.59 Å². The molecule has 3 rings (SSSR count). The summed E-state index contributed by atoms with van der Waals surface area (Å²) in [5.41, 5.74) is 8.00. The molecule has 0 bridgehead atoms. The number of ether oxygens (including phenoxy) is 1. The minimum absolute atomic E-state index is 0.0411. The van der Waals surface area contributed by atoms with Crippen LogP contribution in [0.2, 0.25) is 0 Å². The van der Waals surface area contributed by atoms with Crippen molar-refractivity contribution in [1.82, 2.24) is 4.90 Å². The third-order valence-corrected chi connectivity index (χ3v) is 6.16. The Morgan fingerprint density at radius 2 is 1.81 bits per heavy atom. The van der Waals surface area contributed by atoms with Crippen molar-refractivity contribution in [2.75, 3.05) is 25.5 Å². The van der Waals surface area contributed by atoms with Gasteiger partial charge in [0.15, 0.2) is 0 Å². The standard InChI is InChI=1S/C26H35N3O3/c1-32-23-14-12-21(13-15-23)26(31)29(18-6-17-27)19-22-9-4-5-10-24(22)28-25(30)16-11-20-7-2-3-8-20/h4-5,9-10,12-15,20H,2-3,6-8,11,16-19,27H2,1H3,(H,28,30). The number of para-hydroxylation sites is 1. The third kappa shape index (κ3) is 6.82. The smallest absolute Gasteiger partial charge is 0.254 e. The zero-order valence-corrected chi connectivity index (χ0v) is 19.0. The molecular formula is C26H35N3O3. The van der Waals surface area contributed by atoms with Crippen LogP contribution in [0.15, 0.2) is 48.5 Å². The van der Waals surface area contributed by atoms with Crippen LogP contribution < -0.4 is 15.8 Å². The summed E-state index contributed by atoms with van der Waals surface area (Å²) in [5.74, 6) is 1.37. The number of carbonyl (C=O) groups is 2. The van der Waals surface area contributed by atoms with Gasteiger partial charge in [-0.25, -0.2) is 0 Å². The highest BCUT2D eigenvalue weighted by Crippen LogP contribution is 2.29. The summed E-state index contributed by atoms with van der Waals surface area (Å²) in [6.45, 7) is 1.46. The van der Waals surface area contributed by atoms with Crippen molar-refractivity contribution in [2.45, 2.75) is 51.5 Å². The van der Waals surface area contributed by atoms with E-state index in [0.29, 0.717) is 49.7 Å². The van der Waals surface area contributed by atoms with Gasteiger partial charge >= 0.3 is 0 Å². The predicted octanol–water partition coefficient (Wildman–Crippen LogP) is 4.60. The maximum Gasteiger partial charge on any atom is 0.254 e. The van der Waals surface area contributed by atoms with E-state index >= 15 is 0 Å². The van der Waals surface area contributed by atoms with Crippen LogP contribution in [0, 0.1) is 5.92 Å². The molecule has 32 heavy (non-hydrogen) atoms. The average molecular weight is 438 g/mol. The first-order chi connectivity index (χ1) is 15.6. The molecule has 0 spiro atoms. The molecule has 172 valence electrons. The SMILES string of the molecule is COc1ccc(C(=O)N(CCCN)Cc2ccccc2NC(=O)CCC2CCCC2)cc1. The lowest BCUT2D eigenvalue weighted by Crippen LogP contribution is -2.33. The molecule has 0 unspecified atom stereocenters. The average Bonchev–Trinajstić information content (AvgIpc) is 3.35. The van der Waals surface area contributed by atoms with Gasteiger partial charge in [-0.05, 0) is 61.2 Å². The molecule has 6 heteroatoms. The van der Waals surface area contributed by atoms with Crippen LogP contribution in [0.3, 0.4) is 0 Å². The second kappa shape index (κ2) is 12.2. The van der Waals surface area contributed by atoms with E-state index in [1.54, 1.807) is 36.3 Å². The highest BCUT2D eigenvalue weighted by atomic mass is 16.5. The number of methoxy groups -OCH3 is 1. The molecule has 0 heterocycles. The minimum Gasteiger partial charge on any atom is -0.497 e. The van der Waals surface area contributed by atoms with Gasteiger partial charge in [0, 0.05) is 30.8 Å². The summed E-state index contributed by atoms with van der Waals surface area (Å²) >= 11 is 0. The van der Waals surface area contributed by atoms with E-state index in [1.165, 1.54) is 25.7 Å². The van der Waals surface area contributed by atoms with Gasteiger partial charge in [0.1, 0.15) is 5.75 Å². The third-order valence-electron chi connectivity index (χ3n) is 6.16. The molecular weight excluding hydrogens is 402 g/mol. The van der Waals surface area contributed by atoms with Gasteiger partial charge in [0.25, 0.3) is 5.91 Å². The Morgan fingerprint density at radius 1 is 1.09 bits per heavy atom. The van der Waals surface area contributed by atoms with Crippen LogP contribution in [-0.2, 0) is 11.3 Å². The Labute approximate surface area is 191 Å². The van der Waals surface area contributed by atoms with Crippen LogP contribution >= 0.6 is 0 Å². The zero-order chi connectivity index (χ0) is 22.8. The number of carbonyl (C=O) groups excluding carboxylic acids is 2. The molecule has 2 aromatic rings. The summed E-state index contributed by atoms with van der Waals surface area (Å²) < 4.78 is 5.19. The van der Waals surface area contributed by atoms with Crippen molar-refractivity contribution in [3.8, 4) is 5.75 Å². The highest BCUT2D eigenvalue weighted by Gasteiger charge is 2.19. The summed E-state index contributed by atoms with van der Waals surface area (Å²) in [7, 11) is 1.60. The number of nitrogens with zero attached hydrogens (tertiary/aromatic N) is 1. The molecule has 1 aliphatic carbocycles. The molecule has 1 fully saturated rings. The summed E-state index contributed by atoms with van der Waals surface area (Å²) in [6.07, 6.45) is 7.26. The van der Waals surface area contributed by atoms with Gasteiger partial charge in [-0.1, -0.05) is 43.9 Å². The fourth-order valence-electron chi connectivity index (χ4n) is 4.28. The lowest BCUT2D eigenvalue weighted by molar-refractivity contribution is -0.116. The fourth-order valence-corrected chi connectivity index (χ4v) is 4.28. The first-order valence-electron chi connectivity index (χ1n) is 11.6. The van der Waals surface area contributed by atoms with Gasteiger partial charge in [0.05, 0.1) is 7.11 Å². The number of anilines is 1. The Bertz CT molecular complexity index is 876. The molecule has 0 aliphatic heterocycles. The zero-order valence-electron chi connectivity index (χ0n) is 19.0. The van der Waals surface area contributed by atoms with Crippen molar-refractivity contribution in [3.63, 3.8) is 0 Å². The lowest BCUT2D eigenvalue weighted by atomic mass is 10.0. The number of nitrogens with one attached hydrogen (secondary N) is 1. The van der Waals surface area contributed by atoms with Gasteiger partial charge in [-0.15, -0.1) is 0 Å². The van der Waals surface area contributed by atoms with Crippen LogP contribution in [-0.4, -0.2) is 36.9 Å². The fraction of sp³-hybridized carbons (Fsp3) is 0.462. The molecule has 2 aromatic carbocycles. The van der Waals surface area contributed by atoms with E-state index in [0.717, 1.165) is 17.7 Å². The molecule has 0 saturated heterocycles. The van der Waals surface area contributed by atoms with Gasteiger partial charge < -0.3 is 20.7 Å². The first kappa shape index (κ1) is 23.8. The summed E-state index contributed by atoms with van der Waals surface area (Å²) in [5, 5.41) is 3.07. The van der Waals surface area contributed by atoms with Gasteiger partial charge in [0.2, 0.25) is 5.91 Å². The van der Waals surface area contributed by atoms with Crippen molar-refractivity contribution in [1.29, 1.82) is 0 Å². The molecule has 1 aliphatic rings. The Balaban J connectivity index is 1.68. The van der Waals surface area contributed by atoms with E-state index in [1.807, 2.05) is 24.3 Å². The monoisotopic (exact) mass is 437 g/mol. The summed E-state index contributed by atoms with van der Waals surface area (Å²) in [6, 6.07) is 14.8. The van der Waals surface area contributed by atoms with E-state index in [4.69, 9.17) is 10.5 Å². The summed E-state index contributed by atoms with van der Waals surface area (Å²) in [4.78, 5) is 27.6. The number of hydrogen-bond acceptors (Lipinski definition) is 4.